The summed E-state index contributed by atoms with van der Waals surface area (Å²) in [7, 11) is -1.13. The van der Waals surface area contributed by atoms with Crippen LogP contribution in [-0.4, -0.2) is 8.07 Å². The van der Waals surface area contributed by atoms with Crippen LogP contribution in [0.2, 0.25) is 23.2 Å². The van der Waals surface area contributed by atoms with Gasteiger partial charge >= 0.3 is 0 Å². The Bertz CT molecular complexity index is 225. The predicted octanol–water partition coefficient (Wildman–Crippen LogP) is 7.17. The van der Waals surface area contributed by atoms with Crippen LogP contribution in [0.1, 0.15) is 66.7 Å². The van der Waals surface area contributed by atoms with Gasteiger partial charge in [0.1, 0.15) is 0 Å². The molecular formula is C16H33ISi. The van der Waals surface area contributed by atoms with Crippen molar-refractivity contribution in [3.05, 3.63) is 10.2 Å². The standard InChI is InChI=1S/C16H33ISi/c1-6-11-13-16(7-2,14-12-15-17)18(8-3,9-4)10-5/h12,15H,6-11,13-14H2,1-5H3/b15-12+/t16-/m0/s1. The summed E-state index contributed by atoms with van der Waals surface area (Å²) in [5.74, 6) is 0. The fourth-order valence-electron chi connectivity index (χ4n) is 3.94. The van der Waals surface area contributed by atoms with E-state index < -0.39 is 8.07 Å². The minimum Gasteiger partial charge on any atom is -0.0782 e. The highest BCUT2D eigenvalue weighted by atomic mass is 127. The van der Waals surface area contributed by atoms with E-state index in [0.29, 0.717) is 5.04 Å². The molecule has 0 aromatic rings. The maximum Gasteiger partial charge on any atom is 0.0592 e. The van der Waals surface area contributed by atoms with Crippen LogP contribution in [0.3, 0.4) is 0 Å². The molecule has 0 saturated heterocycles. The zero-order chi connectivity index (χ0) is 14.1. The molecule has 0 bridgehead atoms. The Hall–Kier alpha value is 0.687. The molecular weight excluding hydrogens is 347 g/mol. The number of hydrogen-bond donors (Lipinski definition) is 0. The molecule has 0 fully saturated rings. The monoisotopic (exact) mass is 380 g/mol. The average Bonchev–Trinajstić information content (AvgIpc) is 2.43. The SMILES string of the molecule is CCCC[C@@](CC)(C/C=C/I)[Si](CC)(CC)CC. The largest absolute Gasteiger partial charge is 0.0782 e. The van der Waals surface area contributed by atoms with Gasteiger partial charge in [0, 0.05) is 0 Å². The zero-order valence-corrected chi connectivity index (χ0v) is 16.3. The van der Waals surface area contributed by atoms with Crippen molar-refractivity contribution in [3.8, 4) is 0 Å². The average molecular weight is 380 g/mol. The van der Waals surface area contributed by atoms with Gasteiger partial charge in [0.2, 0.25) is 0 Å². The maximum atomic E-state index is 2.46. The van der Waals surface area contributed by atoms with Crippen molar-refractivity contribution in [1.29, 1.82) is 0 Å². The zero-order valence-electron chi connectivity index (χ0n) is 13.2. The second kappa shape index (κ2) is 9.57. The summed E-state index contributed by atoms with van der Waals surface area (Å²) in [5.41, 5.74) is 0. The first kappa shape index (κ1) is 18.7. The van der Waals surface area contributed by atoms with Gasteiger partial charge in [-0.3, -0.25) is 0 Å². The van der Waals surface area contributed by atoms with Crippen LogP contribution < -0.4 is 0 Å². The molecule has 0 heterocycles. The van der Waals surface area contributed by atoms with Crippen LogP contribution in [-0.2, 0) is 0 Å². The minimum absolute atomic E-state index is 0.656. The van der Waals surface area contributed by atoms with Crippen LogP contribution in [0, 0.1) is 0 Å². The molecule has 0 aromatic carbocycles. The second-order valence-electron chi connectivity index (χ2n) is 5.64. The van der Waals surface area contributed by atoms with Crippen molar-refractivity contribution in [2.45, 2.75) is 89.9 Å². The van der Waals surface area contributed by atoms with Gasteiger partial charge in [-0.25, -0.2) is 0 Å². The van der Waals surface area contributed by atoms with E-state index in [0.717, 1.165) is 0 Å². The van der Waals surface area contributed by atoms with Crippen molar-refractivity contribution in [2.24, 2.45) is 0 Å². The minimum atomic E-state index is -1.13. The smallest absolute Gasteiger partial charge is 0.0592 e. The highest BCUT2D eigenvalue weighted by Gasteiger charge is 2.46. The van der Waals surface area contributed by atoms with Crippen molar-refractivity contribution in [3.63, 3.8) is 0 Å². The molecule has 0 saturated carbocycles. The van der Waals surface area contributed by atoms with Gasteiger partial charge < -0.3 is 0 Å². The Balaban J connectivity index is 5.34. The van der Waals surface area contributed by atoms with Crippen molar-refractivity contribution in [2.75, 3.05) is 0 Å². The second-order valence-corrected chi connectivity index (χ2v) is 12.1. The van der Waals surface area contributed by atoms with Crippen LogP contribution >= 0.6 is 22.6 Å². The molecule has 108 valence electrons. The number of rotatable bonds is 10. The van der Waals surface area contributed by atoms with E-state index in [1.165, 1.54) is 50.2 Å². The molecule has 0 rings (SSSR count). The normalized spacial score (nSPS) is 16.1. The molecule has 0 nitrogen and oxygen atoms in total. The summed E-state index contributed by atoms with van der Waals surface area (Å²) in [6, 6.07) is 4.39. The molecule has 0 unspecified atom stereocenters. The summed E-state index contributed by atoms with van der Waals surface area (Å²) < 4.78 is 2.23. The Kier molecular flexibility index (Phi) is 9.93. The first-order chi connectivity index (χ1) is 8.61. The Morgan fingerprint density at radius 3 is 1.89 bits per heavy atom. The Morgan fingerprint density at radius 1 is 1.00 bits per heavy atom. The molecule has 0 aliphatic rings. The topological polar surface area (TPSA) is 0 Å². The predicted molar refractivity (Wildman–Crippen MR) is 97.5 cm³/mol. The number of halogens is 1. The molecule has 0 radical (unpaired) electrons. The lowest BCUT2D eigenvalue weighted by Gasteiger charge is -2.49. The molecule has 2 heteroatoms. The van der Waals surface area contributed by atoms with E-state index in [1.807, 2.05) is 0 Å². The maximum absolute atomic E-state index is 2.46. The lowest BCUT2D eigenvalue weighted by Crippen LogP contribution is -2.46. The van der Waals surface area contributed by atoms with E-state index >= 15 is 0 Å². The molecule has 0 N–H and O–H groups in total. The van der Waals surface area contributed by atoms with Gasteiger partial charge in [0.05, 0.1) is 8.07 Å². The van der Waals surface area contributed by atoms with E-state index in [9.17, 15) is 0 Å². The third kappa shape index (κ3) is 4.09. The third-order valence-electron chi connectivity index (χ3n) is 5.44. The highest BCUT2D eigenvalue weighted by molar-refractivity contribution is 14.1. The van der Waals surface area contributed by atoms with Gasteiger partial charge in [-0.15, -0.1) is 0 Å². The van der Waals surface area contributed by atoms with E-state index in [-0.39, 0.29) is 0 Å². The molecule has 0 aliphatic heterocycles. The summed E-state index contributed by atoms with van der Waals surface area (Å²) >= 11 is 2.38. The van der Waals surface area contributed by atoms with Gasteiger partial charge in [-0.1, -0.05) is 101 Å². The first-order valence-electron chi connectivity index (χ1n) is 7.87. The van der Waals surface area contributed by atoms with Crippen molar-refractivity contribution in [1.82, 2.24) is 0 Å². The number of allylic oxidation sites excluding steroid dienone is 1. The molecule has 1 atom stereocenters. The van der Waals surface area contributed by atoms with E-state index in [2.05, 4.69) is 67.4 Å². The molecule has 0 aromatic heterocycles. The molecule has 0 spiro atoms. The van der Waals surface area contributed by atoms with Crippen LogP contribution in [0.5, 0.6) is 0 Å². The number of unbranched alkanes of at least 4 members (excludes halogenated alkanes) is 1. The fraction of sp³-hybridized carbons (Fsp3) is 0.875. The summed E-state index contributed by atoms with van der Waals surface area (Å²) in [6.07, 6.45) is 9.37. The van der Waals surface area contributed by atoms with Crippen LogP contribution in [0.4, 0.5) is 0 Å². The molecule has 18 heavy (non-hydrogen) atoms. The van der Waals surface area contributed by atoms with Gasteiger partial charge in [0.15, 0.2) is 0 Å². The van der Waals surface area contributed by atoms with Gasteiger partial charge in [-0.2, -0.15) is 0 Å². The third-order valence-corrected chi connectivity index (χ3v) is 13.1. The Morgan fingerprint density at radius 2 is 1.56 bits per heavy atom. The van der Waals surface area contributed by atoms with Crippen molar-refractivity contribution < 1.29 is 0 Å². The summed E-state index contributed by atoms with van der Waals surface area (Å²) in [4.78, 5) is 0. The Labute approximate surface area is 130 Å². The molecule has 0 aliphatic carbocycles. The quantitative estimate of drug-likeness (QED) is 0.278. The van der Waals surface area contributed by atoms with Gasteiger partial charge in [-0.05, 0) is 22.0 Å². The van der Waals surface area contributed by atoms with E-state index in [4.69, 9.17) is 0 Å². The lowest BCUT2D eigenvalue weighted by atomic mass is 9.94. The first-order valence-corrected chi connectivity index (χ1v) is 11.7. The molecule has 0 amide bonds. The van der Waals surface area contributed by atoms with E-state index in [1.54, 1.807) is 0 Å². The summed E-state index contributed by atoms with van der Waals surface area (Å²) in [6.45, 7) is 12.2. The summed E-state index contributed by atoms with van der Waals surface area (Å²) in [5, 5.41) is 0.656. The number of hydrogen-bond acceptors (Lipinski definition) is 0. The highest BCUT2D eigenvalue weighted by Crippen LogP contribution is 2.54. The van der Waals surface area contributed by atoms with Crippen LogP contribution in [0.15, 0.2) is 10.2 Å². The van der Waals surface area contributed by atoms with Crippen LogP contribution in [0.25, 0.3) is 0 Å². The van der Waals surface area contributed by atoms with Gasteiger partial charge in [0.25, 0.3) is 0 Å². The van der Waals surface area contributed by atoms with Crippen molar-refractivity contribution >= 4 is 30.7 Å². The fourth-order valence-corrected chi connectivity index (χ4v) is 9.95. The lowest BCUT2D eigenvalue weighted by molar-refractivity contribution is 0.450.